The molecule has 1 N–H and O–H groups in total. The monoisotopic (exact) mass is 399 g/mol. The third-order valence-electron chi connectivity index (χ3n) is 5.63. The average Bonchev–Trinajstić information content (AvgIpc) is 3.08. The number of hydrogen-bond donors (Lipinski definition) is 1. The Morgan fingerprint density at radius 1 is 1.00 bits per heavy atom. The predicted molar refractivity (Wildman–Crippen MR) is 114 cm³/mol. The first-order valence-electron chi connectivity index (χ1n) is 9.94. The highest BCUT2D eigenvalue weighted by atomic mass is 32.2. The summed E-state index contributed by atoms with van der Waals surface area (Å²) in [7, 11) is -3.10. The van der Waals surface area contributed by atoms with Crippen LogP contribution >= 0.6 is 0 Å². The van der Waals surface area contributed by atoms with Gasteiger partial charge in [0.2, 0.25) is 5.91 Å². The molecule has 0 atom stereocenters. The zero-order valence-corrected chi connectivity index (χ0v) is 17.3. The van der Waals surface area contributed by atoms with Crippen molar-refractivity contribution >= 4 is 21.4 Å². The number of anilines is 1. The summed E-state index contributed by atoms with van der Waals surface area (Å²) in [6.45, 7) is 0. The second-order valence-corrected chi connectivity index (χ2v) is 10.3. The van der Waals surface area contributed by atoms with Crippen LogP contribution in [0.5, 0.6) is 0 Å². The fraction of sp³-hybridized carbons (Fsp3) is 0.435. The minimum Gasteiger partial charge on any atom is -0.326 e. The zero-order chi connectivity index (χ0) is 20.0. The molecule has 0 bridgehead atoms. The molecule has 2 aromatic rings. The van der Waals surface area contributed by atoms with E-state index in [0.717, 1.165) is 25.7 Å². The summed E-state index contributed by atoms with van der Waals surface area (Å²) in [5.41, 5.74) is 2.76. The SMILES string of the molecule is CS(=O)(=O)Cc1cccc(NC(=O)CC2(CCc3ccccc3)CCCC2)c1. The maximum Gasteiger partial charge on any atom is 0.224 e. The lowest BCUT2D eigenvalue weighted by Crippen LogP contribution is -2.26. The van der Waals surface area contributed by atoms with Gasteiger partial charge in [-0.25, -0.2) is 8.42 Å². The molecule has 28 heavy (non-hydrogen) atoms. The van der Waals surface area contributed by atoms with Crippen LogP contribution in [0.3, 0.4) is 0 Å². The molecule has 0 spiro atoms. The van der Waals surface area contributed by atoms with E-state index in [4.69, 9.17) is 0 Å². The van der Waals surface area contributed by atoms with Crippen molar-refractivity contribution in [2.24, 2.45) is 5.41 Å². The van der Waals surface area contributed by atoms with Crippen LogP contribution in [0, 0.1) is 5.41 Å². The van der Waals surface area contributed by atoms with Gasteiger partial charge in [0.1, 0.15) is 0 Å². The highest BCUT2D eigenvalue weighted by Gasteiger charge is 2.35. The molecule has 4 nitrogen and oxygen atoms in total. The first-order valence-corrected chi connectivity index (χ1v) is 12.0. The molecule has 0 aliphatic heterocycles. The van der Waals surface area contributed by atoms with Crippen LogP contribution in [-0.2, 0) is 26.8 Å². The Kier molecular flexibility index (Phi) is 6.55. The topological polar surface area (TPSA) is 63.2 Å². The standard InChI is InChI=1S/C23H29NO3S/c1-28(26,27)18-20-10-7-11-21(16-20)24-22(25)17-23(13-5-6-14-23)15-12-19-8-3-2-4-9-19/h2-4,7-11,16H,5-6,12-15,17-18H2,1H3,(H,24,25). The molecule has 0 heterocycles. The van der Waals surface area contributed by atoms with Gasteiger partial charge in [0.15, 0.2) is 9.84 Å². The lowest BCUT2D eigenvalue weighted by Gasteiger charge is -2.28. The highest BCUT2D eigenvalue weighted by Crippen LogP contribution is 2.45. The van der Waals surface area contributed by atoms with E-state index in [2.05, 4.69) is 29.6 Å². The Balaban J connectivity index is 1.62. The third-order valence-corrected chi connectivity index (χ3v) is 6.48. The molecular formula is C23H29NO3S. The van der Waals surface area contributed by atoms with Crippen molar-refractivity contribution in [2.75, 3.05) is 11.6 Å². The van der Waals surface area contributed by atoms with Gasteiger partial charge in [0, 0.05) is 18.4 Å². The number of carbonyl (C=O) groups excluding carboxylic acids is 1. The smallest absolute Gasteiger partial charge is 0.224 e. The molecular weight excluding hydrogens is 370 g/mol. The van der Waals surface area contributed by atoms with Crippen molar-refractivity contribution in [3.8, 4) is 0 Å². The maximum absolute atomic E-state index is 12.8. The van der Waals surface area contributed by atoms with Crippen molar-refractivity contribution in [2.45, 2.75) is 50.7 Å². The van der Waals surface area contributed by atoms with E-state index < -0.39 is 9.84 Å². The number of hydrogen-bond acceptors (Lipinski definition) is 3. The second-order valence-electron chi connectivity index (χ2n) is 8.19. The fourth-order valence-corrected chi connectivity index (χ4v) is 5.07. The molecule has 1 saturated carbocycles. The van der Waals surface area contributed by atoms with E-state index >= 15 is 0 Å². The quantitative estimate of drug-likeness (QED) is 0.696. The second kappa shape index (κ2) is 8.91. The van der Waals surface area contributed by atoms with E-state index in [1.54, 1.807) is 18.2 Å². The van der Waals surface area contributed by atoms with Gasteiger partial charge in [-0.2, -0.15) is 0 Å². The molecule has 1 fully saturated rings. The van der Waals surface area contributed by atoms with Gasteiger partial charge < -0.3 is 5.32 Å². The van der Waals surface area contributed by atoms with E-state index in [1.807, 2.05) is 12.1 Å². The summed E-state index contributed by atoms with van der Waals surface area (Å²) in [6.07, 6.45) is 8.34. The van der Waals surface area contributed by atoms with Gasteiger partial charge in [-0.05, 0) is 54.4 Å². The van der Waals surface area contributed by atoms with Gasteiger partial charge in [0.05, 0.1) is 5.75 Å². The van der Waals surface area contributed by atoms with Gasteiger partial charge >= 0.3 is 0 Å². The summed E-state index contributed by atoms with van der Waals surface area (Å²) in [4.78, 5) is 12.8. The lowest BCUT2D eigenvalue weighted by molar-refractivity contribution is -0.118. The van der Waals surface area contributed by atoms with E-state index in [1.165, 1.54) is 24.7 Å². The van der Waals surface area contributed by atoms with Crippen LogP contribution in [0.2, 0.25) is 0 Å². The predicted octanol–water partition coefficient (Wildman–Crippen LogP) is 4.75. The Hall–Kier alpha value is -2.14. The Labute approximate surface area is 168 Å². The van der Waals surface area contributed by atoms with Gasteiger partial charge in [0.25, 0.3) is 0 Å². The van der Waals surface area contributed by atoms with E-state index in [9.17, 15) is 13.2 Å². The van der Waals surface area contributed by atoms with Gasteiger partial charge in [-0.1, -0.05) is 55.3 Å². The summed E-state index contributed by atoms with van der Waals surface area (Å²) in [5.74, 6) is 0.00373. The number of nitrogens with one attached hydrogen (secondary N) is 1. The number of amides is 1. The summed E-state index contributed by atoms with van der Waals surface area (Å²) < 4.78 is 23.0. The summed E-state index contributed by atoms with van der Waals surface area (Å²) in [6, 6.07) is 17.6. The molecule has 3 rings (SSSR count). The number of benzene rings is 2. The lowest BCUT2D eigenvalue weighted by atomic mass is 9.77. The molecule has 150 valence electrons. The molecule has 0 radical (unpaired) electrons. The number of rotatable bonds is 8. The number of aryl methyl sites for hydroxylation is 1. The van der Waals surface area contributed by atoms with Crippen molar-refractivity contribution in [1.82, 2.24) is 0 Å². The Morgan fingerprint density at radius 3 is 2.36 bits per heavy atom. The Bertz CT molecular complexity index is 900. The molecule has 0 unspecified atom stereocenters. The van der Waals surface area contributed by atoms with E-state index in [0.29, 0.717) is 17.7 Å². The fourth-order valence-electron chi connectivity index (χ4n) is 4.28. The summed E-state index contributed by atoms with van der Waals surface area (Å²) in [5, 5.41) is 2.98. The molecule has 0 saturated heterocycles. The van der Waals surface area contributed by atoms with Gasteiger partial charge in [-0.15, -0.1) is 0 Å². The van der Waals surface area contributed by atoms with Crippen LogP contribution in [0.1, 0.15) is 49.7 Å². The van der Waals surface area contributed by atoms with Crippen molar-refractivity contribution in [1.29, 1.82) is 0 Å². The first kappa shape index (κ1) is 20.6. The largest absolute Gasteiger partial charge is 0.326 e. The average molecular weight is 400 g/mol. The van der Waals surface area contributed by atoms with Crippen LogP contribution in [-0.4, -0.2) is 20.6 Å². The van der Waals surface area contributed by atoms with Crippen LogP contribution < -0.4 is 5.32 Å². The molecule has 2 aromatic carbocycles. The van der Waals surface area contributed by atoms with Gasteiger partial charge in [-0.3, -0.25) is 4.79 Å². The number of sulfone groups is 1. The normalized spacial score (nSPS) is 16.0. The van der Waals surface area contributed by atoms with Crippen LogP contribution in [0.15, 0.2) is 54.6 Å². The minimum absolute atomic E-state index is 0.0161. The summed E-state index contributed by atoms with van der Waals surface area (Å²) >= 11 is 0. The highest BCUT2D eigenvalue weighted by molar-refractivity contribution is 7.89. The van der Waals surface area contributed by atoms with E-state index in [-0.39, 0.29) is 17.1 Å². The van der Waals surface area contributed by atoms with Crippen molar-refractivity contribution < 1.29 is 13.2 Å². The zero-order valence-electron chi connectivity index (χ0n) is 16.5. The molecule has 1 amide bonds. The van der Waals surface area contributed by atoms with Crippen molar-refractivity contribution in [3.05, 3.63) is 65.7 Å². The molecule has 1 aliphatic carbocycles. The Morgan fingerprint density at radius 2 is 1.68 bits per heavy atom. The third kappa shape index (κ3) is 6.20. The first-order chi connectivity index (χ1) is 13.3. The minimum atomic E-state index is -3.10. The molecule has 0 aromatic heterocycles. The maximum atomic E-state index is 12.8. The molecule has 5 heteroatoms. The van der Waals surface area contributed by atoms with Crippen LogP contribution in [0.4, 0.5) is 5.69 Å². The number of carbonyl (C=O) groups is 1. The molecule has 1 aliphatic rings. The van der Waals surface area contributed by atoms with Crippen molar-refractivity contribution in [3.63, 3.8) is 0 Å². The van der Waals surface area contributed by atoms with Crippen LogP contribution in [0.25, 0.3) is 0 Å².